The maximum absolute atomic E-state index is 11.9. The summed E-state index contributed by atoms with van der Waals surface area (Å²) in [7, 11) is 0. The minimum Gasteiger partial charge on any atom is -0.297 e. The molecule has 1 fully saturated rings. The Hall–Kier alpha value is -0.820. The molecule has 1 saturated carbocycles. The Balaban J connectivity index is 2.39. The van der Waals surface area contributed by atoms with E-state index in [2.05, 4.69) is 0 Å². The summed E-state index contributed by atoms with van der Waals surface area (Å²) in [4.78, 5) is 11.2. The molecule has 0 N–H and O–H groups in total. The molecule has 1 aliphatic carbocycles. The van der Waals surface area contributed by atoms with Crippen LogP contribution in [0.25, 0.3) is 0 Å². The van der Waals surface area contributed by atoms with Crippen LogP contribution in [0.4, 0.5) is 0 Å². The lowest BCUT2D eigenvalue weighted by atomic mass is 9.81. The van der Waals surface area contributed by atoms with Gasteiger partial charge in [0.1, 0.15) is 4.87 Å². The minimum absolute atomic E-state index is 0.181. The van der Waals surface area contributed by atoms with Crippen LogP contribution in [0.15, 0.2) is 24.3 Å². The molecule has 0 aliphatic heterocycles. The van der Waals surface area contributed by atoms with Gasteiger partial charge in [0, 0.05) is 6.42 Å². The number of rotatable bonds is 1. The predicted molar refractivity (Wildman–Crippen MR) is 62.2 cm³/mol. The van der Waals surface area contributed by atoms with E-state index in [0.717, 1.165) is 30.4 Å². The third-order valence-corrected chi connectivity index (χ3v) is 3.71. The molecule has 1 aliphatic rings. The first-order chi connectivity index (χ1) is 7.13. The van der Waals surface area contributed by atoms with Crippen molar-refractivity contribution >= 4 is 17.4 Å². The molecule has 1 aromatic rings. The highest BCUT2D eigenvalue weighted by atomic mass is 35.5. The van der Waals surface area contributed by atoms with Gasteiger partial charge in [-0.15, -0.1) is 11.6 Å². The van der Waals surface area contributed by atoms with Crippen LogP contribution in [-0.4, -0.2) is 5.78 Å². The van der Waals surface area contributed by atoms with Gasteiger partial charge in [-0.25, -0.2) is 0 Å². The zero-order valence-electron chi connectivity index (χ0n) is 8.92. The zero-order valence-corrected chi connectivity index (χ0v) is 9.68. The van der Waals surface area contributed by atoms with Crippen LogP contribution >= 0.6 is 11.6 Å². The lowest BCUT2D eigenvalue weighted by Gasteiger charge is -2.30. The lowest BCUT2D eigenvalue weighted by Crippen LogP contribution is -2.33. The predicted octanol–water partition coefficient (Wildman–Crippen LogP) is 3.57. The highest BCUT2D eigenvalue weighted by Gasteiger charge is 2.39. The molecule has 80 valence electrons. The van der Waals surface area contributed by atoms with Crippen LogP contribution in [0.5, 0.6) is 0 Å². The molecular formula is C13H15ClO. The molecular weight excluding hydrogens is 208 g/mol. The highest BCUT2D eigenvalue weighted by Crippen LogP contribution is 2.40. The summed E-state index contributed by atoms with van der Waals surface area (Å²) >= 11 is 6.47. The second-order valence-electron chi connectivity index (χ2n) is 4.30. The summed E-state index contributed by atoms with van der Waals surface area (Å²) in [6, 6.07) is 7.98. The number of carbonyl (C=O) groups excluding carboxylic acids is 1. The van der Waals surface area contributed by atoms with Crippen molar-refractivity contribution < 1.29 is 4.79 Å². The summed E-state index contributed by atoms with van der Waals surface area (Å²) in [5.74, 6) is 0.181. The number of alkyl halides is 1. The SMILES string of the molecule is Cc1cccc(C2(Cl)CCCCC2=O)c1. The van der Waals surface area contributed by atoms with Crippen molar-refractivity contribution in [3.8, 4) is 0 Å². The molecule has 1 unspecified atom stereocenters. The first-order valence-corrected chi connectivity index (χ1v) is 5.80. The van der Waals surface area contributed by atoms with E-state index in [0.29, 0.717) is 6.42 Å². The monoisotopic (exact) mass is 222 g/mol. The number of ketones is 1. The quantitative estimate of drug-likeness (QED) is 0.664. The molecule has 0 aromatic heterocycles. The Morgan fingerprint density at radius 1 is 1.33 bits per heavy atom. The van der Waals surface area contributed by atoms with Crippen LogP contribution < -0.4 is 0 Å². The van der Waals surface area contributed by atoms with Crippen molar-refractivity contribution in [3.05, 3.63) is 35.4 Å². The fourth-order valence-electron chi connectivity index (χ4n) is 2.19. The van der Waals surface area contributed by atoms with Gasteiger partial charge >= 0.3 is 0 Å². The van der Waals surface area contributed by atoms with Crippen LogP contribution in [0.2, 0.25) is 0 Å². The van der Waals surface area contributed by atoms with Crippen molar-refractivity contribution in [1.29, 1.82) is 0 Å². The molecule has 1 nitrogen and oxygen atoms in total. The molecule has 2 rings (SSSR count). The minimum atomic E-state index is -0.746. The molecule has 0 radical (unpaired) electrons. The third-order valence-electron chi connectivity index (χ3n) is 3.09. The first kappa shape index (κ1) is 10.7. The second kappa shape index (κ2) is 3.97. The van der Waals surface area contributed by atoms with Crippen molar-refractivity contribution in [2.24, 2.45) is 0 Å². The van der Waals surface area contributed by atoms with Crippen molar-refractivity contribution in [2.45, 2.75) is 37.5 Å². The lowest BCUT2D eigenvalue weighted by molar-refractivity contribution is -0.123. The summed E-state index contributed by atoms with van der Waals surface area (Å²) in [5.41, 5.74) is 2.12. The molecule has 0 saturated heterocycles. The van der Waals surface area contributed by atoms with Gasteiger partial charge in [-0.3, -0.25) is 4.79 Å². The van der Waals surface area contributed by atoms with Gasteiger partial charge in [0.05, 0.1) is 0 Å². The van der Waals surface area contributed by atoms with Gasteiger partial charge in [-0.05, 0) is 25.3 Å². The Labute approximate surface area is 95.4 Å². The normalized spacial score (nSPS) is 26.7. The first-order valence-electron chi connectivity index (χ1n) is 5.42. The molecule has 15 heavy (non-hydrogen) atoms. The van der Waals surface area contributed by atoms with Gasteiger partial charge in [0.2, 0.25) is 0 Å². The van der Waals surface area contributed by atoms with Crippen LogP contribution in [0, 0.1) is 6.92 Å². The van der Waals surface area contributed by atoms with Crippen LogP contribution in [0.3, 0.4) is 0 Å². The van der Waals surface area contributed by atoms with Gasteiger partial charge in [-0.1, -0.05) is 36.2 Å². The Morgan fingerprint density at radius 3 is 2.80 bits per heavy atom. The number of hydrogen-bond donors (Lipinski definition) is 0. The Bertz CT molecular complexity index is 386. The molecule has 1 aromatic carbocycles. The smallest absolute Gasteiger partial charge is 0.158 e. The average Bonchev–Trinajstić information content (AvgIpc) is 2.23. The molecule has 0 spiro atoms. The molecule has 0 heterocycles. The summed E-state index contributed by atoms with van der Waals surface area (Å²) in [6.07, 6.45) is 3.43. The van der Waals surface area contributed by atoms with E-state index in [4.69, 9.17) is 11.6 Å². The topological polar surface area (TPSA) is 17.1 Å². The van der Waals surface area contributed by atoms with Gasteiger partial charge in [0.15, 0.2) is 5.78 Å². The third kappa shape index (κ3) is 1.93. The van der Waals surface area contributed by atoms with E-state index >= 15 is 0 Å². The molecule has 2 heteroatoms. The number of aryl methyl sites for hydroxylation is 1. The molecule has 1 atom stereocenters. The number of benzene rings is 1. The van der Waals surface area contributed by atoms with E-state index in [9.17, 15) is 4.79 Å². The Morgan fingerprint density at radius 2 is 2.13 bits per heavy atom. The number of Topliss-reactive ketones (excluding diaryl/α,β-unsaturated/α-hetero) is 1. The van der Waals surface area contributed by atoms with Crippen molar-refractivity contribution in [1.82, 2.24) is 0 Å². The van der Waals surface area contributed by atoms with E-state index in [1.165, 1.54) is 0 Å². The van der Waals surface area contributed by atoms with E-state index in [1.54, 1.807) is 0 Å². The van der Waals surface area contributed by atoms with E-state index in [1.807, 2.05) is 31.2 Å². The fraction of sp³-hybridized carbons (Fsp3) is 0.462. The zero-order chi connectivity index (χ0) is 10.9. The highest BCUT2D eigenvalue weighted by molar-refractivity contribution is 6.35. The fourth-order valence-corrected chi connectivity index (χ4v) is 2.53. The summed E-state index contributed by atoms with van der Waals surface area (Å²) in [6.45, 7) is 2.02. The van der Waals surface area contributed by atoms with Crippen molar-refractivity contribution in [2.75, 3.05) is 0 Å². The van der Waals surface area contributed by atoms with Crippen LogP contribution in [0.1, 0.15) is 36.8 Å². The van der Waals surface area contributed by atoms with E-state index < -0.39 is 4.87 Å². The Kier molecular flexibility index (Phi) is 2.83. The second-order valence-corrected chi connectivity index (χ2v) is 4.95. The van der Waals surface area contributed by atoms with Gasteiger partial charge in [0.25, 0.3) is 0 Å². The van der Waals surface area contributed by atoms with Crippen LogP contribution in [-0.2, 0) is 9.67 Å². The van der Waals surface area contributed by atoms with E-state index in [-0.39, 0.29) is 5.78 Å². The molecule has 0 bridgehead atoms. The number of hydrogen-bond acceptors (Lipinski definition) is 1. The number of carbonyl (C=O) groups is 1. The summed E-state index contributed by atoms with van der Waals surface area (Å²) < 4.78 is 0. The number of halogens is 1. The van der Waals surface area contributed by atoms with Gasteiger partial charge < -0.3 is 0 Å². The maximum Gasteiger partial charge on any atom is 0.158 e. The van der Waals surface area contributed by atoms with Crippen molar-refractivity contribution in [3.63, 3.8) is 0 Å². The average molecular weight is 223 g/mol. The standard InChI is InChI=1S/C13H15ClO/c1-10-5-4-6-11(9-10)13(14)8-3-2-7-12(13)15/h4-6,9H,2-3,7-8H2,1H3. The molecule has 0 amide bonds. The largest absolute Gasteiger partial charge is 0.297 e. The summed E-state index contributed by atoms with van der Waals surface area (Å²) in [5, 5.41) is 0. The maximum atomic E-state index is 11.9. The van der Waals surface area contributed by atoms with Gasteiger partial charge in [-0.2, -0.15) is 0 Å².